The van der Waals surface area contributed by atoms with Crippen molar-refractivity contribution in [1.82, 2.24) is 0 Å². The van der Waals surface area contributed by atoms with Crippen molar-refractivity contribution in [2.45, 2.75) is 46.5 Å². The Balaban J connectivity index is 1.94. The molecule has 2 aromatic carbocycles. The summed E-state index contributed by atoms with van der Waals surface area (Å²) in [5.74, 6) is -0.106. The van der Waals surface area contributed by atoms with Gasteiger partial charge in [-0.25, -0.2) is 0 Å². The Labute approximate surface area is 144 Å². The molecule has 0 aliphatic rings. The van der Waals surface area contributed by atoms with Crippen molar-refractivity contribution < 1.29 is 9.59 Å². The minimum atomic E-state index is -0.113. The summed E-state index contributed by atoms with van der Waals surface area (Å²) in [5, 5.41) is 2.96. The molecule has 1 amide bonds. The van der Waals surface area contributed by atoms with Gasteiger partial charge in [0, 0.05) is 24.1 Å². The number of aryl methyl sites for hydroxylation is 3. The van der Waals surface area contributed by atoms with Crippen molar-refractivity contribution in [3.8, 4) is 0 Å². The zero-order valence-electron chi connectivity index (χ0n) is 14.7. The van der Waals surface area contributed by atoms with Gasteiger partial charge in [0.1, 0.15) is 0 Å². The van der Waals surface area contributed by atoms with Crippen LogP contribution in [0.15, 0.2) is 42.5 Å². The lowest BCUT2D eigenvalue weighted by Gasteiger charge is -2.12. The first-order valence-corrected chi connectivity index (χ1v) is 8.55. The maximum absolute atomic E-state index is 12.2. The van der Waals surface area contributed by atoms with Gasteiger partial charge >= 0.3 is 0 Å². The van der Waals surface area contributed by atoms with E-state index in [0.717, 1.165) is 29.7 Å². The Morgan fingerprint density at radius 3 is 2.25 bits per heavy atom. The summed E-state index contributed by atoms with van der Waals surface area (Å²) in [4.78, 5) is 24.4. The highest BCUT2D eigenvalue weighted by Gasteiger charge is 2.12. The molecule has 2 aromatic rings. The van der Waals surface area contributed by atoms with Gasteiger partial charge in [-0.15, -0.1) is 0 Å². The van der Waals surface area contributed by atoms with Crippen molar-refractivity contribution in [2.75, 3.05) is 5.32 Å². The average molecular weight is 323 g/mol. The van der Waals surface area contributed by atoms with E-state index in [2.05, 4.69) is 19.2 Å². The number of para-hydroxylation sites is 1. The zero-order chi connectivity index (χ0) is 17.5. The number of hydrogen-bond acceptors (Lipinski definition) is 2. The molecule has 0 aliphatic heterocycles. The van der Waals surface area contributed by atoms with Gasteiger partial charge in [-0.05, 0) is 36.5 Å². The van der Waals surface area contributed by atoms with Crippen LogP contribution in [-0.2, 0) is 17.6 Å². The van der Waals surface area contributed by atoms with Gasteiger partial charge in [-0.2, -0.15) is 0 Å². The van der Waals surface area contributed by atoms with Gasteiger partial charge in [-0.3, -0.25) is 9.59 Å². The Morgan fingerprint density at radius 1 is 0.917 bits per heavy atom. The zero-order valence-corrected chi connectivity index (χ0v) is 14.7. The second-order valence-electron chi connectivity index (χ2n) is 5.98. The highest BCUT2D eigenvalue weighted by molar-refractivity contribution is 6.00. The minimum absolute atomic E-state index is 0.00769. The van der Waals surface area contributed by atoms with Gasteiger partial charge in [0.2, 0.25) is 5.91 Å². The molecule has 0 heterocycles. The van der Waals surface area contributed by atoms with Crippen LogP contribution in [-0.4, -0.2) is 11.7 Å². The molecule has 24 heavy (non-hydrogen) atoms. The third-order valence-corrected chi connectivity index (χ3v) is 4.27. The van der Waals surface area contributed by atoms with Crippen LogP contribution < -0.4 is 5.32 Å². The molecule has 0 atom stereocenters. The SMILES string of the molecule is CCc1ccc(C(=O)CCC(=O)Nc2c(C)cccc2CC)cc1. The fraction of sp³-hybridized carbons (Fsp3) is 0.333. The number of anilines is 1. The number of Topliss-reactive ketones (excluding diaryl/α,β-unsaturated/α-hetero) is 1. The average Bonchev–Trinajstić information content (AvgIpc) is 2.61. The van der Waals surface area contributed by atoms with Gasteiger partial charge in [0.15, 0.2) is 5.78 Å². The Morgan fingerprint density at radius 2 is 1.62 bits per heavy atom. The van der Waals surface area contributed by atoms with Crippen LogP contribution in [0.4, 0.5) is 5.69 Å². The molecule has 126 valence electrons. The third kappa shape index (κ3) is 4.54. The number of carbonyl (C=O) groups is 2. The third-order valence-electron chi connectivity index (χ3n) is 4.27. The number of benzene rings is 2. The van der Waals surface area contributed by atoms with Gasteiger partial charge in [-0.1, -0.05) is 56.3 Å². The van der Waals surface area contributed by atoms with Crippen molar-refractivity contribution in [3.05, 3.63) is 64.7 Å². The summed E-state index contributed by atoms with van der Waals surface area (Å²) in [6.07, 6.45) is 2.24. The predicted molar refractivity (Wildman–Crippen MR) is 98.6 cm³/mol. The van der Waals surface area contributed by atoms with Crippen molar-refractivity contribution in [1.29, 1.82) is 0 Å². The minimum Gasteiger partial charge on any atom is -0.326 e. The number of carbonyl (C=O) groups excluding carboxylic acids is 2. The number of rotatable bonds is 7. The quantitative estimate of drug-likeness (QED) is 0.749. The van der Waals surface area contributed by atoms with E-state index in [0.29, 0.717) is 5.56 Å². The second-order valence-corrected chi connectivity index (χ2v) is 5.98. The molecule has 1 N–H and O–H groups in total. The van der Waals surface area contributed by atoms with Crippen LogP contribution in [0.1, 0.15) is 53.7 Å². The van der Waals surface area contributed by atoms with E-state index >= 15 is 0 Å². The monoisotopic (exact) mass is 323 g/mol. The molecule has 0 radical (unpaired) electrons. The van der Waals surface area contributed by atoms with Crippen LogP contribution in [0.2, 0.25) is 0 Å². The van der Waals surface area contributed by atoms with E-state index in [1.165, 1.54) is 5.56 Å². The highest BCUT2D eigenvalue weighted by Crippen LogP contribution is 2.21. The summed E-state index contributed by atoms with van der Waals surface area (Å²) in [6, 6.07) is 13.6. The summed E-state index contributed by atoms with van der Waals surface area (Å²) in [6.45, 7) is 6.13. The highest BCUT2D eigenvalue weighted by atomic mass is 16.2. The van der Waals surface area contributed by atoms with E-state index in [1.807, 2.05) is 49.4 Å². The first-order chi connectivity index (χ1) is 11.5. The fourth-order valence-corrected chi connectivity index (χ4v) is 2.70. The van der Waals surface area contributed by atoms with Crippen molar-refractivity contribution >= 4 is 17.4 Å². The van der Waals surface area contributed by atoms with Gasteiger partial charge in [0.25, 0.3) is 0 Å². The van der Waals surface area contributed by atoms with Crippen LogP contribution in [0.25, 0.3) is 0 Å². The summed E-state index contributed by atoms with van der Waals surface area (Å²) < 4.78 is 0. The van der Waals surface area contributed by atoms with E-state index in [9.17, 15) is 9.59 Å². The molecule has 0 aromatic heterocycles. The maximum Gasteiger partial charge on any atom is 0.224 e. The lowest BCUT2D eigenvalue weighted by molar-refractivity contribution is -0.116. The molecule has 0 saturated carbocycles. The lowest BCUT2D eigenvalue weighted by atomic mass is 10.0. The molecule has 3 heteroatoms. The Hall–Kier alpha value is -2.42. The summed E-state index contributed by atoms with van der Waals surface area (Å²) in [5.41, 5.74) is 4.92. The molecule has 2 rings (SSSR count). The van der Waals surface area contributed by atoms with Gasteiger partial charge in [0.05, 0.1) is 0 Å². The van der Waals surface area contributed by atoms with E-state index in [-0.39, 0.29) is 24.5 Å². The second kappa shape index (κ2) is 8.44. The van der Waals surface area contributed by atoms with E-state index in [4.69, 9.17) is 0 Å². The first kappa shape index (κ1) is 17.9. The van der Waals surface area contributed by atoms with Crippen molar-refractivity contribution in [2.24, 2.45) is 0 Å². The topological polar surface area (TPSA) is 46.2 Å². The molecular formula is C21H25NO2. The number of hydrogen-bond donors (Lipinski definition) is 1. The Bertz CT molecular complexity index is 717. The maximum atomic E-state index is 12.2. The fourth-order valence-electron chi connectivity index (χ4n) is 2.70. The molecule has 0 aliphatic carbocycles. The molecular weight excluding hydrogens is 298 g/mol. The van der Waals surface area contributed by atoms with Crippen LogP contribution in [0.5, 0.6) is 0 Å². The molecule has 0 fully saturated rings. The Kier molecular flexibility index (Phi) is 6.30. The number of amides is 1. The molecule has 0 bridgehead atoms. The smallest absolute Gasteiger partial charge is 0.224 e. The van der Waals surface area contributed by atoms with Crippen LogP contribution in [0.3, 0.4) is 0 Å². The van der Waals surface area contributed by atoms with Crippen LogP contribution >= 0.6 is 0 Å². The summed E-state index contributed by atoms with van der Waals surface area (Å²) >= 11 is 0. The largest absolute Gasteiger partial charge is 0.326 e. The number of ketones is 1. The molecule has 0 saturated heterocycles. The van der Waals surface area contributed by atoms with E-state index in [1.54, 1.807) is 0 Å². The summed E-state index contributed by atoms with van der Waals surface area (Å²) in [7, 11) is 0. The normalized spacial score (nSPS) is 10.5. The molecule has 0 spiro atoms. The van der Waals surface area contributed by atoms with Crippen LogP contribution in [0, 0.1) is 6.92 Å². The predicted octanol–water partition coefficient (Wildman–Crippen LogP) is 4.72. The lowest BCUT2D eigenvalue weighted by Crippen LogP contribution is -2.15. The van der Waals surface area contributed by atoms with Gasteiger partial charge < -0.3 is 5.32 Å². The standard InChI is InChI=1S/C21H25NO2/c1-4-16-9-11-18(12-10-16)19(23)13-14-20(24)22-21-15(3)7-6-8-17(21)5-2/h6-12H,4-5,13-14H2,1-3H3,(H,22,24). The molecule has 0 unspecified atom stereocenters. The van der Waals surface area contributed by atoms with Crippen molar-refractivity contribution in [3.63, 3.8) is 0 Å². The number of nitrogens with one attached hydrogen (secondary N) is 1. The van der Waals surface area contributed by atoms with E-state index < -0.39 is 0 Å². The first-order valence-electron chi connectivity index (χ1n) is 8.55. The molecule has 3 nitrogen and oxygen atoms in total.